The molecule has 0 aliphatic heterocycles. The first-order valence-electron chi connectivity index (χ1n) is 4.49. The Morgan fingerprint density at radius 3 is 2.08 bits per heavy atom. The summed E-state index contributed by atoms with van der Waals surface area (Å²) in [5.41, 5.74) is -0.629. The van der Waals surface area contributed by atoms with Crippen molar-refractivity contribution in [3.8, 4) is 0 Å². The zero-order chi connectivity index (χ0) is 10.3. The van der Waals surface area contributed by atoms with E-state index in [0.29, 0.717) is 6.42 Å². The van der Waals surface area contributed by atoms with E-state index in [1.165, 1.54) is 0 Å². The molecule has 0 rings (SSSR count). The molecule has 0 aliphatic carbocycles. The predicted molar refractivity (Wildman–Crippen MR) is 47.1 cm³/mol. The summed E-state index contributed by atoms with van der Waals surface area (Å²) in [6.07, 6.45) is -0.193. The van der Waals surface area contributed by atoms with Crippen molar-refractivity contribution in [3.05, 3.63) is 0 Å². The number of hydrogen-bond acceptors (Lipinski definition) is 4. The summed E-state index contributed by atoms with van der Waals surface area (Å²) >= 11 is 0. The molecule has 80 valence electrons. The van der Waals surface area contributed by atoms with E-state index in [9.17, 15) is 0 Å². The molecule has 0 radical (unpaired) electrons. The minimum absolute atomic E-state index is 0.141. The van der Waals surface area contributed by atoms with E-state index in [-0.39, 0.29) is 26.4 Å². The van der Waals surface area contributed by atoms with Crippen LogP contribution in [0.3, 0.4) is 0 Å². The second-order valence-corrected chi connectivity index (χ2v) is 3.31. The largest absolute Gasteiger partial charge is 0.393 e. The van der Waals surface area contributed by atoms with Crippen molar-refractivity contribution >= 4 is 0 Å². The van der Waals surface area contributed by atoms with E-state index in [1.54, 1.807) is 5.32 Å². The fourth-order valence-electron chi connectivity index (χ4n) is 1.01. The molecule has 5 heteroatoms. The zero-order valence-corrected chi connectivity index (χ0v) is 7.98. The minimum atomic E-state index is -0.802. The van der Waals surface area contributed by atoms with Crippen LogP contribution in [0.2, 0.25) is 0 Å². The molecule has 0 aromatic heterocycles. The number of aliphatic hydroxyl groups is 4. The quantitative estimate of drug-likeness (QED) is 0.299. The number of nitrogens with two attached hydrogens (primary N) is 1. The first-order valence-corrected chi connectivity index (χ1v) is 4.49. The smallest absolute Gasteiger partial charge is 0.142 e. The molecule has 6 N–H and O–H groups in total. The van der Waals surface area contributed by atoms with Crippen molar-refractivity contribution < 1.29 is 25.7 Å². The minimum Gasteiger partial charge on any atom is -0.393 e. The van der Waals surface area contributed by atoms with Crippen molar-refractivity contribution in [2.24, 2.45) is 0 Å². The molecule has 13 heavy (non-hydrogen) atoms. The van der Waals surface area contributed by atoms with Crippen LogP contribution in [-0.2, 0) is 0 Å². The molecule has 0 bridgehead atoms. The van der Waals surface area contributed by atoms with E-state index < -0.39 is 11.6 Å². The van der Waals surface area contributed by atoms with Crippen molar-refractivity contribution in [2.75, 3.05) is 26.4 Å². The second-order valence-electron chi connectivity index (χ2n) is 3.31. The van der Waals surface area contributed by atoms with Crippen LogP contribution in [0.15, 0.2) is 0 Å². The van der Waals surface area contributed by atoms with E-state index in [0.717, 1.165) is 0 Å². The number of rotatable bonds is 7. The van der Waals surface area contributed by atoms with Gasteiger partial charge in [0.1, 0.15) is 31.4 Å². The van der Waals surface area contributed by atoms with Gasteiger partial charge in [-0.15, -0.1) is 0 Å². The molecular formula is C8H20NO4+. The van der Waals surface area contributed by atoms with Crippen molar-refractivity contribution in [3.63, 3.8) is 0 Å². The van der Waals surface area contributed by atoms with Crippen LogP contribution >= 0.6 is 0 Å². The molecule has 0 aromatic rings. The van der Waals surface area contributed by atoms with E-state index >= 15 is 0 Å². The Morgan fingerprint density at radius 1 is 1.23 bits per heavy atom. The van der Waals surface area contributed by atoms with Gasteiger partial charge in [0, 0.05) is 6.42 Å². The van der Waals surface area contributed by atoms with Gasteiger partial charge in [-0.2, -0.15) is 0 Å². The Kier molecular flexibility index (Phi) is 6.19. The van der Waals surface area contributed by atoms with Gasteiger partial charge in [0.25, 0.3) is 0 Å². The van der Waals surface area contributed by atoms with Crippen LogP contribution in [0, 0.1) is 0 Å². The third-order valence-electron chi connectivity index (χ3n) is 2.37. The van der Waals surface area contributed by atoms with Gasteiger partial charge in [0.2, 0.25) is 0 Å². The molecule has 0 saturated carbocycles. The highest BCUT2D eigenvalue weighted by Crippen LogP contribution is 2.00. The van der Waals surface area contributed by atoms with Crippen LogP contribution in [0.1, 0.15) is 13.3 Å². The second kappa shape index (κ2) is 6.28. The summed E-state index contributed by atoms with van der Waals surface area (Å²) < 4.78 is 0. The summed E-state index contributed by atoms with van der Waals surface area (Å²) in [6, 6.07) is 0. The molecule has 0 spiro atoms. The van der Waals surface area contributed by atoms with Gasteiger partial charge in [-0.3, -0.25) is 0 Å². The Labute approximate surface area is 78.0 Å². The maximum atomic E-state index is 9.06. The third kappa shape index (κ3) is 4.02. The lowest BCUT2D eigenvalue weighted by Crippen LogP contribution is -3.00. The van der Waals surface area contributed by atoms with Crippen molar-refractivity contribution in [2.45, 2.75) is 25.0 Å². The van der Waals surface area contributed by atoms with Gasteiger partial charge < -0.3 is 25.7 Å². The maximum Gasteiger partial charge on any atom is 0.142 e. The summed E-state index contributed by atoms with van der Waals surface area (Å²) in [5, 5.41) is 37.3. The predicted octanol–water partition coefficient (Wildman–Crippen LogP) is -2.96. The average molecular weight is 194 g/mol. The number of aliphatic hydroxyl groups excluding tert-OH is 4. The topological polar surface area (TPSA) is 97.5 Å². The van der Waals surface area contributed by atoms with Gasteiger partial charge in [0.15, 0.2) is 0 Å². The molecule has 0 heterocycles. The molecule has 0 amide bonds. The third-order valence-corrected chi connectivity index (χ3v) is 2.37. The zero-order valence-electron chi connectivity index (χ0n) is 7.98. The standard InChI is InChI=1S/C8H19NO4/c1-2-8(5-11,6-12)9-3-7(13)4-10/h7,9-13H,2-6H2,1H3/p+1. The Morgan fingerprint density at radius 2 is 1.77 bits per heavy atom. The molecule has 1 atom stereocenters. The Bertz CT molecular complexity index is 119. The lowest BCUT2D eigenvalue weighted by atomic mass is 9.98. The summed E-state index contributed by atoms with van der Waals surface area (Å²) in [6.45, 7) is 1.56. The fourth-order valence-corrected chi connectivity index (χ4v) is 1.01. The number of quaternary nitrogens is 1. The first-order chi connectivity index (χ1) is 6.14. The maximum absolute atomic E-state index is 9.06. The normalized spacial score (nSPS) is 14.5. The van der Waals surface area contributed by atoms with Crippen LogP contribution in [-0.4, -0.2) is 58.4 Å². The molecule has 0 saturated heterocycles. The highest BCUT2D eigenvalue weighted by atomic mass is 16.3. The van der Waals surface area contributed by atoms with Crippen molar-refractivity contribution in [1.82, 2.24) is 0 Å². The van der Waals surface area contributed by atoms with Gasteiger partial charge >= 0.3 is 0 Å². The van der Waals surface area contributed by atoms with E-state index in [4.69, 9.17) is 20.4 Å². The van der Waals surface area contributed by atoms with Crippen LogP contribution < -0.4 is 5.32 Å². The first kappa shape index (κ1) is 12.8. The fraction of sp³-hybridized carbons (Fsp3) is 1.00. The monoisotopic (exact) mass is 194 g/mol. The number of hydrogen-bond donors (Lipinski definition) is 5. The van der Waals surface area contributed by atoms with Gasteiger partial charge in [0.05, 0.1) is 6.61 Å². The van der Waals surface area contributed by atoms with E-state index in [1.807, 2.05) is 6.92 Å². The average Bonchev–Trinajstić information content (AvgIpc) is 2.20. The molecule has 0 fully saturated rings. The summed E-state index contributed by atoms with van der Waals surface area (Å²) in [7, 11) is 0. The highest BCUT2D eigenvalue weighted by molar-refractivity contribution is 4.73. The van der Waals surface area contributed by atoms with Crippen LogP contribution in [0.4, 0.5) is 0 Å². The van der Waals surface area contributed by atoms with Gasteiger partial charge in [-0.1, -0.05) is 6.92 Å². The Balaban J connectivity index is 3.95. The van der Waals surface area contributed by atoms with Crippen molar-refractivity contribution in [1.29, 1.82) is 0 Å². The van der Waals surface area contributed by atoms with Gasteiger partial charge in [-0.05, 0) is 0 Å². The Hall–Kier alpha value is -0.200. The lowest BCUT2D eigenvalue weighted by Gasteiger charge is -2.26. The summed E-state index contributed by atoms with van der Waals surface area (Å²) in [5.74, 6) is 0. The lowest BCUT2D eigenvalue weighted by molar-refractivity contribution is -0.736. The molecular weight excluding hydrogens is 174 g/mol. The van der Waals surface area contributed by atoms with Gasteiger partial charge in [-0.25, -0.2) is 0 Å². The highest BCUT2D eigenvalue weighted by Gasteiger charge is 2.30. The summed E-state index contributed by atoms with van der Waals surface area (Å²) in [4.78, 5) is 0. The van der Waals surface area contributed by atoms with E-state index in [2.05, 4.69) is 0 Å². The molecule has 0 aromatic carbocycles. The SMILES string of the molecule is CCC(CO)(CO)[NH2+]CC(O)CO. The molecule has 5 nitrogen and oxygen atoms in total. The van der Waals surface area contributed by atoms with Crippen LogP contribution in [0.25, 0.3) is 0 Å². The molecule has 1 unspecified atom stereocenters. The molecule has 0 aliphatic rings. The van der Waals surface area contributed by atoms with Crippen LogP contribution in [0.5, 0.6) is 0 Å².